The predicted molar refractivity (Wildman–Crippen MR) is 139 cm³/mol. The number of amides is 2. The molecule has 2 aromatic rings. The normalized spacial score (nSPS) is 12.0. The molecule has 192 valence electrons. The maximum Gasteiger partial charge on any atom is 0.244 e. The third-order valence-corrected chi connectivity index (χ3v) is 6.65. The lowest BCUT2D eigenvalue weighted by Gasteiger charge is -2.33. The van der Waals surface area contributed by atoms with Crippen LogP contribution in [-0.4, -0.2) is 57.1 Å². The lowest BCUT2D eigenvalue weighted by atomic mass is 10.1. The molecule has 0 aromatic heterocycles. The van der Waals surface area contributed by atoms with Crippen molar-refractivity contribution >= 4 is 27.5 Å². The van der Waals surface area contributed by atoms with Crippen molar-refractivity contribution in [3.05, 3.63) is 59.7 Å². The zero-order valence-corrected chi connectivity index (χ0v) is 22.1. The summed E-state index contributed by atoms with van der Waals surface area (Å²) < 4.78 is 32.2. The van der Waals surface area contributed by atoms with E-state index in [1.54, 1.807) is 31.2 Å². The van der Waals surface area contributed by atoms with Crippen LogP contribution < -0.4 is 14.4 Å². The first-order valence-corrected chi connectivity index (χ1v) is 13.8. The lowest BCUT2D eigenvalue weighted by Crippen LogP contribution is -2.52. The molecule has 1 atom stereocenters. The van der Waals surface area contributed by atoms with Gasteiger partial charge in [-0.3, -0.25) is 13.9 Å². The average molecular weight is 504 g/mol. The summed E-state index contributed by atoms with van der Waals surface area (Å²) in [6.45, 7) is 8.14. The van der Waals surface area contributed by atoms with E-state index >= 15 is 0 Å². The molecular weight excluding hydrogens is 466 g/mol. The van der Waals surface area contributed by atoms with Crippen molar-refractivity contribution in [3.8, 4) is 5.75 Å². The fourth-order valence-corrected chi connectivity index (χ4v) is 4.56. The SMILES string of the molecule is CCCNC(=O)[C@H](CC)N(Cc1ccc(C)cc1)C(=O)CN(c1ccccc1OCC)S(C)(=O)=O. The van der Waals surface area contributed by atoms with Gasteiger partial charge in [0.25, 0.3) is 0 Å². The highest BCUT2D eigenvalue weighted by Crippen LogP contribution is 2.30. The monoisotopic (exact) mass is 503 g/mol. The molecule has 0 spiro atoms. The number of sulfonamides is 1. The first kappa shape index (κ1) is 28.2. The zero-order chi connectivity index (χ0) is 26.0. The highest BCUT2D eigenvalue weighted by molar-refractivity contribution is 7.92. The van der Waals surface area contributed by atoms with Gasteiger partial charge in [-0.15, -0.1) is 0 Å². The molecule has 1 N–H and O–H groups in total. The number of rotatable bonds is 13. The molecule has 0 aliphatic heterocycles. The van der Waals surface area contributed by atoms with E-state index in [0.29, 0.717) is 25.3 Å². The maximum absolute atomic E-state index is 13.7. The largest absolute Gasteiger partial charge is 0.492 e. The predicted octanol–water partition coefficient (Wildman–Crippen LogP) is 3.49. The second kappa shape index (κ2) is 13.1. The number of nitrogens with zero attached hydrogens (tertiary/aromatic N) is 2. The minimum absolute atomic E-state index is 0.182. The van der Waals surface area contributed by atoms with Crippen molar-refractivity contribution in [3.63, 3.8) is 0 Å². The molecular formula is C26H37N3O5S. The Balaban J connectivity index is 2.45. The van der Waals surface area contributed by atoms with Gasteiger partial charge in [0, 0.05) is 13.1 Å². The topological polar surface area (TPSA) is 96.0 Å². The van der Waals surface area contributed by atoms with E-state index in [-0.39, 0.29) is 18.1 Å². The van der Waals surface area contributed by atoms with Crippen LogP contribution in [0.2, 0.25) is 0 Å². The van der Waals surface area contributed by atoms with E-state index in [2.05, 4.69) is 5.32 Å². The van der Waals surface area contributed by atoms with Crippen LogP contribution in [0.15, 0.2) is 48.5 Å². The van der Waals surface area contributed by atoms with E-state index in [0.717, 1.165) is 28.1 Å². The fourth-order valence-electron chi connectivity index (χ4n) is 3.71. The molecule has 0 heterocycles. The van der Waals surface area contributed by atoms with Gasteiger partial charge in [0.1, 0.15) is 18.3 Å². The summed E-state index contributed by atoms with van der Waals surface area (Å²) in [5, 5.41) is 2.87. The van der Waals surface area contributed by atoms with Gasteiger partial charge in [-0.25, -0.2) is 8.42 Å². The van der Waals surface area contributed by atoms with E-state index in [1.807, 2.05) is 45.0 Å². The Kier molecular flexibility index (Phi) is 10.6. The zero-order valence-electron chi connectivity index (χ0n) is 21.3. The molecule has 35 heavy (non-hydrogen) atoms. The summed E-state index contributed by atoms with van der Waals surface area (Å²) in [6, 6.07) is 13.7. The molecule has 9 heteroatoms. The number of ether oxygens (including phenoxy) is 1. The Hall–Kier alpha value is -3.07. The maximum atomic E-state index is 13.7. The number of hydrogen-bond donors (Lipinski definition) is 1. The van der Waals surface area contributed by atoms with Crippen molar-refractivity contribution in [1.82, 2.24) is 10.2 Å². The van der Waals surface area contributed by atoms with Crippen LogP contribution >= 0.6 is 0 Å². The Morgan fingerprint density at radius 3 is 2.26 bits per heavy atom. The fraction of sp³-hybridized carbons (Fsp3) is 0.462. The van der Waals surface area contributed by atoms with Crippen LogP contribution in [0.3, 0.4) is 0 Å². The van der Waals surface area contributed by atoms with E-state index in [1.165, 1.54) is 4.90 Å². The van der Waals surface area contributed by atoms with Gasteiger partial charge in [-0.05, 0) is 44.4 Å². The Labute approximate surface area is 209 Å². The summed E-state index contributed by atoms with van der Waals surface area (Å²) in [5.41, 5.74) is 2.21. The second-order valence-corrected chi connectivity index (χ2v) is 10.3. The van der Waals surface area contributed by atoms with Crippen molar-refractivity contribution in [2.24, 2.45) is 0 Å². The molecule has 0 fully saturated rings. The number of benzene rings is 2. The van der Waals surface area contributed by atoms with Crippen LogP contribution in [0.5, 0.6) is 5.75 Å². The Morgan fingerprint density at radius 1 is 1.03 bits per heavy atom. The number of nitrogens with one attached hydrogen (secondary N) is 1. The van der Waals surface area contributed by atoms with E-state index in [4.69, 9.17) is 4.74 Å². The van der Waals surface area contributed by atoms with Crippen molar-refractivity contribution < 1.29 is 22.7 Å². The molecule has 8 nitrogen and oxygen atoms in total. The van der Waals surface area contributed by atoms with Crippen LogP contribution in [-0.2, 0) is 26.2 Å². The number of carbonyl (C=O) groups is 2. The Bertz CT molecular complexity index is 1090. The van der Waals surface area contributed by atoms with Gasteiger partial charge in [-0.1, -0.05) is 55.8 Å². The number of hydrogen-bond acceptors (Lipinski definition) is 5. The molecule has 0 saturated carbocycles. The number of aryl methyl sites for hydroxylation is 1. The highest BCUT2D eigenvalue weighted by Gasteiger charge is 2.32. The summed E-state index contributed by atoms with van der Waals surface area (Å²) in [5.74, 6) is -0.359. The average Bonchev–Trinajstić information content (AvgIpc) is 2.82. The van der Waals surface area contributed by atoms with E-state index in [9.17, 15) is 18.0 Å². The number of anilines is 1. The van der Waals surface area contributed by atoms with Crippen molar-refractivity contribution in [2.45, 2.75) is 53.1 Å². The number of carbonyl (C=O) groups excluding carboxylic acids is 2. The van der Waals surface area contributed by atoms with Crippen molar-refractivity contribution in [2.75, 3.05) is 30.3 Å². The summed E-state index contributed by atoms with van der Waals surface area (Å²) >= 11 is 0. The molecule has 0 aliphatic carbocycles. The lowest BCUT2D eigenvalue weighted by molar-refractivity contribution is -0.140. The van der Waals surface area contributed by atoms with Gasteiger partial charge >= 0.3 is 0 Å². The third-order valence-electron chi connectivity index (χ3n) is 5.52. The second-order valence-electron chi connectivity index (χ2n) is 8.39. The molecule has 0 saturated heterocycles. The van der Waals surface area contributed by atoms with Gasteiger partial charge in [-0.2, -0.15) is 0 Å². The molecule has 0 unspecified atom stereocenters. The first-order valence-electron chi connectivity index (χ1n) is 11.9. The van der Waals surface area contributed by atoms with Gasteiger partial charge < -0.3 is 15.0 Å². The summed E-state index contributed by atoms with van der Waals surface area (Å²) in [4.78, 5) is 28.1. The van der Waals surface area contributed by atoms with Crippen LogP contribution in [0.4, 0.5) is 5.69 Å². The smallest absolute Gasteiger partial charge is 0.244 e. The minimum atomic E-state index is -3.83. The van der Waals surface area contributed by atoms with Crippen molar-refractivity contribution in [1.29, 1.82) is 0 Å². The molecule has 0 bridgehead atoms. The molecule has 0 aliphatic rings. The third kappa shape index (κ3) is 7.99. The van der Waals surface area contributed by atoms with Crippen LogP contribution in [0, 0.1) is 6.92 Å². The number of para-hydroxylation sites is 2. The highest BCUT2D eigenvalue weighted by atomic mass is 32.2. The first-order chi connectivity index (χ1) is 16.6. The van der Waals surface area contributed by atoms with Crippen LogP contribution in [0.25, 0.3) is 0 Å². The quantitative estimate of drug-likeness (QED) is 0.451. The standard InChI is InChI=1S/C26H37N3O5S/c1-6-17-27-26(31)22(7-2)28(18-21-15-13-20(4)14-16-21)25(30)19-29(35(5,32)33)23-11-9-10-12-24(23)34-8-3/h9-16,22H,6-8,17-19H2,1-5H3,(H,27,31)/t22-/m0/s1. The van der Waals surface area contributed by atoms with Crippen LogP contribution in [0.1, 0.15) is 44.7 Å². The summed E-state index contributed by atoms with van der Waals surface area (Å²) in [7, 11) is -3.83. The Morgan fingerprint density at radius 2 is 1.69 bits per heavy atom. The van der Waals surface area contributed by atoms with Gasteiger partial charge in [0.15, 0.2) is 0 Å². The van der Waals surface area contributed by atoms with Gasteiger partial charge in [0.05, 0.1) is 18.6 Å². The molecule has 0 radical (unpaired) electrons. The minimum Gasteiger partial charge on any atom is -0.492 e. The van der Waals surface area contributed by atoms with E-state index < -0.39 is 28.5 Å². The molecule has 2 aromatic carbocycles. The molecule has 2 rings (SSSR count). The summed E-state index contributed by atoms with van der Waals surface area (Å²) in [6.07, 6.45) is 2.21. The molecule has 2 amide bonds. The van der Waals surface area contributed by atoms with Gasteiger partial charge in [0.2, 0.25) is 21.8 Å².